The lowest BCUT2D eigenvalue weighted by molar-refractivity contribution is -0.147. The Balaban J connectivity index is 2.10. The van der Waals surface area contributed by atoms with Crippen LogP contribution in [0.3, 0.4) is 0 Å². The Morgan fingerprint density at radius 2 is 1.90 bits per heavy atom. The summed E-state index contributed by atoms with van der Waals surface area (Å²) in [6.07, 6.45) is -0.101. The van der Waals surface area contributed by atoms with E-state index in [0.717, 1.165) is 0 Å². The highest BCUT2D eigenvalue weighted by Gasteiger charge is 2.41. The summed E-state index contributed by atoms with van der Waals surface area (Å²) in [6.45, 7) is 0. The predicted molar refractivity (Wildman–Crippen MR) is 75.9 cm³/mol. The van der Waals surface area contributed by atoms with Gasteiger partial charge in [0.1, 0.15) is 5.75 Å². The van der Waals surface area contributed by atoms with Crippen molar-refractivity contribution < 1.29 is 14.6 Å². The maximum Gasteiger partial charge on any atom is 0.242 e. The van der Waals surface area contributed by atoms with Gasteiger partial charge in [0.25, 0.3) is 0 Å². The first kappa shape index (κ1) is 13.2. The molecule has 0 saturated carbocycles. The van der Waals surface area contributed by atoms with Gasteiger partial charge < -0.3 is 9.84 Å². The molecule has 0 bridgehead atoms. The Kier molecular flexibility index (Phi) is 3.24. The van der Waals surface area contributed by atoms with E-state index in [0.29, 0.717) is 22.4 Å². The molecule has 1 unspecified atom stereocenters. The summed E-state index contributed by atoms with van der Waals surface area (Å²) in [5, 5.41) is 10.7. The van der Waals surface area contributed by atoms with Crippen molar-refractivity contribution in [3.63, 3.8) is 0 Å². The van der Waals surface area contributed by atoms with E-state index in [1.54, 1.807) is 42.5 Å². The van der Waals surface area contributed by atoms with Gasteiger partial charge in [-0.15, -0.1) is 11.6 Å². The van der Waals surface area contributed by atoms with Crippen LogP contribution in [0.2, 0.25) is 0 Å². The molecule has 2 aromatic carbocycles. The standard InChI is InChI=1S/C16H13ClO3/c17-10-11-5-4-8-13-14(18)9-16(19,20-15(11)13)12-6-2-1-3-7-12/h1-8,19H,9-10H2. The topological polar surface area (TPSA) is 46.5 Å². The van der Waals surface area contributed by atoms with Crippen LogP contribution in [0.15, 0.2) is 48.5 Å². The van der Waals surface area contributed by atoms with Crippen molar-refractivity contribution in [3.05, 3.63) is 65.2 Å². The van der Waals surface area contributed by atoms with Crippen LogP contribution in [-0.4, -0.2) is 10.9 Å². The smallest absolute Gasteiger partial charge is 0.242 e. The molecule has 3 rings (SSSR count). The van der Waals surface area contributed by atoms with Gasteiger partial charge in [0, 0.05) is 11.1 Å². The number of para-hydroxylation sites is 1. The summed E-state index contributed by atoms with van der Waals surface area (Å²) in [6, 6.07) is 14.2. The molecular weight excluding hydrogens is 276 g/mol. The molecule has 102 valence electrons. The molecule has 0 saturated heterocycles. The SMILES string of the molecule is O=C1CC(O)(c2ccccc2)Oc2c(CCl)cccc21. The second kappa shape index (κ2) is 4.93. The third-order valence-corrected chi connectivity index (χ3v) is 3.72. The number of ketones is 1. The number of benzene rings is 2. The number of aliphatic hydroxyl groups is 1. The first-order valence-electron chi connectivity index (χ1n) is 6.32. The number of Topliss-reactive ketones (excluding diaryl/α,β-unsaturated/α-hetero) is 1. The second-order valence-electron chi connectivity index (χ2n) is 4.78. The lowest BCUT2D eigenvalue weighted by Crippen LogP contribution is -2.39. The highest BCUT2D eigenvalue weighted by atomic mass is 35.5. The molecule has 1 aliphatic rings. The van der Waals surface area contributed by atoms with E-state index in [-0.39, 0.29) is 18.1 Å². The zero-order valence-electron chi connectivity index (χ0n) is 10.7. The number of carbonyl (C=O) groups is 1. The molecule has 0 aromatic heterocycles. The van der Waals surface area contributed by atoms with Gasteiger partial charge in [0.05, 0.1) is 17.9 Å². The normalized spacial score (nSPS) is 21.2. The molecule has 0 spiro atoms. The zero-order chi connectivity index (χ0) is 14.2. The fraction of sp³-hybridized carbons (Fsp3) is 0.188. The summed E-state index contributed by atoms with van der Waals surface area (Å²) in [5.41, 5.74) is 1.73. The van der Waals surface area contributed by atoms with E-state index in [2.05, 4.69) is 0 Å². The number of rotatable bonds is 2. The highest BCUT2D eigenvalue weighted by Crippen LogP contribution is 2.40. The lowest BCUT2D eigenvalue weighted by Gasteiger charge is -2.34. The third-order valence-electron chi connectivity index (χ3n) is 3.44. The van der Waals surface area contributed by atoms with Gasteiger partial charge in [0.15, 0.2) is 5.78 Å². The number of fused-ring (bicyclic) bond motifs is 1. The van der Waals surface area contributed by atoms with Gasteiger partial charge in [0.2, 0.25) is 5.79 Å². The number of carbonyl (C=O) groups excluding carboxylic acids is 1. The van der Waals surface area contributed by atoms with Crippen molar-refractivity contribution in [2.24, 2.45) is 0 Å². The monoisotopic (exact) mass is 288 g/mol. The molecule has 0 fully saturated rings. The van der Waals surface area contributed by atoms with Crippen LogP contribution >= 0.6 is 11.6 Å². The summed E-state index contributed by atoms with van der Waals surface area (Å²) >= 11 is 5.88. The molecule has 1 atom stereocenters. The molecule has 0 aliphatic carbocycles. The van der Waals surface area contributed by atoms with Crippen LogP contribution in [0.4, 0.5) is 0 Å². The van der Waals surface area contributed by atoms with Gasteiger partial charge in [-0.25, -0.2) is 0 Å². The van der Waals surface area contributed by atoms with Crippen molar-refractivity contribution in [2.75, 3.05) is 0 Å². The van der Waals surface area contributed by atoms with Crippen LogP contribution in [0.25, 0.3) is 0 Å². The Bertz CT molecular complexity index is 654. The van der Waals surface area contributed by atoms with E-state index < -0.39 is 5.79 Å². The van der Waals surface area contributed by atoms with Crippen molar-refractivity contribution in [2.45, 2.75) is 18.1 Å². The average molecular weight is 289 g/mol. The largest absolute Gasteiger partial charge is 0.457 e. The first-order chi connectivity index (χ1) is 9.64. The second-order valence-corrected chi connectivity index (χ2v) is 5.05. The van der Waals surface area contributed by atoms with Crippen molar-refractivity contribution in [3.8, 4) is 5.75 Å². The molecule has 2 aromatic rings. The number of hydrogen-bond donors (Lipinski definition) is 1. The molecule has 20 heavy (non-hydrogen) atoms. The average Bonchev–Trinajstić information content (AvgIpc) is 2.47. The molecule has 0 radical (unpaired) electrons. The Hall–Kier alpha value is -1.84. The maximum atomic E-state index is 12.3. The molecule has 3 nitrogen and oxygen atoms in total. The number of hydrogen-bond acceptors (Lipinski definition) is 3. The van der Waals surface area contributed by atoms with Gasteiger partial charge in [-0.1, -0.05) is 42.5 Å². The van der Waals surface area contributed by atoms with Crippen LogP contribution in [0.1, 0.15) is 27.9 Å². The van der Waals surface area contributed by atoms with Gasteiger partial charge in [-0.05, 0) is 6.07 Å². The van der Waals surface area contributed by atoms with Crippen LogP contribution in [0.5, 0.6) is 5.75 Å². The number of alkyl halides is 1. The Morgan fingerprint density at radius 3 is 2.60 bits per heavy atom. The maximum absolute atomic E-state index is 12.3. The van der Waals surface area contributed by atoms with E-state index in [9.17, 15) is 9.90 Å². The van der Waals surface area contributed by atoms with Crippen LogP contribution in [-0.2, 0) is 11.7 Å². The molecule has 1 N–H and O–H groups in total. The van der Waals surface area contributed by atoms with Crippen molar-refractivity contribution in [1.29, 1.82) is 0 Å². The molecule has 0 amide bonds. The molecule has 4 heteroatoms. The van der Waals surface area contributed by atoms with Gasteiger partial charge in [-0.2, -0.15) is 0 Å². The molecule has 1 aliphatic heterocycles. The quantitative estimate of drug-likeness (QED) is 0.863. The van der Waals surface area contributed by atoms with Crippen LogP contribution in [0, 0.1) is 0 Å². The van der Waals surface area contributed by atoms with Crippen LogP contribution < -0.4 is 4.74 Å². The minimum Gasteiger partial charge on any atom is -0.457 e. The first-order valence-corrected chi connectivity index (χ1v) is 6.85. The lowest BCUT2D eigenvalue weighted by atomic mass is 9.92. The number of halogens is 1. The van der Waals surface area contributed by atoms with Gasteiger partial charge in [-0.3, -0.25) is 4.79 Å². The summed E-state index contributed by atoms with van der Waals surface area (Å²) in [5.74, 6) is -1.18. The van der Waals surface area contributed by atoms with E-state index >= 15 is 0 Å². The molecule has 1 heterocycles. The Morgan fingerprint density at radius 1 is 1.15 bits per heavy atom. The van der Waals surface area contributed by atoms with Gasteiger partial charge >= 0.3 is 0 Å². The fourth-order valence-electron chi connectivity index (χ4n) is 2.41. The minimum atomic E-state index is -1.63. The van der Waals surface area contributed by atoms with E-state index in [1.165, 1.54) is 0 Å². The number of ether oxygens (including phenoxy) is 1. The van der Waals surface area contributed by atoms with E-state index in [1.807, 2.05) is 6.07 Å². The predicted octanol–water partition coefficient (Wildman–Crippen LogP) is 3.24. The summed E-state index contributed by atoms with van der Waals surface area (Å²) < 4.78 is 5.75. The minimum absolute atomic E-state index is 0.101. The van der Waals surface area contributed by atoms with Crippen molar-refractivity contribution in [1.82, 2.24) is 0 Å². The third kappa shape index (κ3) is 2.09. The summed E-state index contributed by atoms with van der Waals surface area (Å²) in [7, 11) is 0. The van der Waals surface area contributed by atoms with E-state index in [4.69, 9.17) is 16.3 Å². The molecular formula is C16H13ClO3. The summed E-state index contributed by atoms with van der Waals surface area (Å²) in [4.78, 5) is 12.3. The fourth-order valence-corrected chi connectivity index (χ4v) is 2.62. The highest BCUT2D eigenvalue weighted by molar-refractivity contribution is 6.17. The zero-order valence-corrected chi connectivity index (χ0v) is 11.4. The van der Waals surface area contributed by atoms with Crippen molar-refractivity contribution >= 4 is 17.4 Å². The Labute approximate surface area is 121 Å².